The Balaban J connectivity index is 2.14. The molecule has 0 saturated heterocycles. The summed E-state index contributed by atoms with van der Waals surface area (Å²) in [5, 5.41) is 2.97. The van der Waals surface area contributed by atoms with Crippen LogP contribution in [0.15, 0.2) is 48.5 Å². The van der Waals surface area contributed by atoms with Crippen molar-refractivity contribution in [1.29, 1.82) is 0 Å². The minimum absolute atomic E-state index is 0.0603. The van der Waals surface area contributed by atoms with Crippen molar-refractivity contribution in [3.63, 3.8) is 0 Å². The van der Waals surface area contributed by atoms with Crippen LogP contribution < -0.4 is 10.1 Å². The van der Waals surface area contributed by atoms with Crippen LogP contribution in [0.2, 0.25) is 0 Å². The molecule has 0 bridgehead atoms. The molecular formula is C24H32N2O3. The summed E-state index contributed by atoms with van der Waals surface area (Å²) in [4.78, 5) is 27.3. The van der Waals surface area contributed by atoms with E-state index in [2.05, 4.69) is 5.32 Å². The van der Waals surface area contributed by atoms with Gasteiger partial charge in [-0.3, -0.25) is 9.59 Å². The van der Waals surface area contributed by atoms with Crippen LogP contribution in [0.3, 0.4) is 0 Å². The second-order valence-electron chi connectivity index (χ2n) is 7.56. The Morgan fingerprint density at radius 2 is 1.76 bits per heavy atom. The minimum atomic E-state index is -0.598. The first-order valence-corrected chi connectivity index (χ1v) is 10.2. The van der Waals surface area contributed by atoms with E-state index >= 15 is 0 Å². The molecule has 156 valence electrons. The van der Waals surface area contributed by atoms with Crippen molar-refractivity contribution in [3.8, 4) is 5.75 Å². The monoisotopic (exact) mass is 396 g/mol. The zero-order chi connectivity index (χ0) is 21.4. The van der Waals surface area contributed by atoms with Gasteiger partial charge in [0, 0.05) is 12.6 Å². The minimum Gasteiger partial charge on any atom is -0.483 e. The SMILES string of the molecule is CCC(C)NC(=O)C(C)N(Cc1ccccc1)C(=O)COc1ccc(C)cc1C. The molecule has 0 heterocycles. The van der Waals surface area contributed by atoms with Gasteiger partial charge in [0.2, 0.25) is 5.91 Å². The number of hydrogen-bond donors (Lipinski definition) is 1. The van der Waals surface area contributed by atoms with Crippen molar-refractivity contribution < 1.29 is 14.3 Å². The van der Waals surface area contributed by atoms with Gasteiger partial charge in [-0.2, -0.15) is 0 Å². The predicted molar refractivity (Wildman–Crippen MR) is 116 cm³/mol. The Bertz CT molecular complexity index is 820. The van der Waals surface area contributed by atoms with Crippen LogP contribution in [0.4, 0.5) is 0 Å². The first kappa shape index (κ1) is 22.5. The molecule has 0 aliphatic carbocycles. The number of aryl methyl sites for hydroxylation is 2. The van der Waals surface area contributed by atoms with Crippen LogP contribution in [0.1, 0.15) is 43.9 Å². The topological polar surface area (TPSA) is 58.6 Å². The highest BCUT2D eigenvalue weighted by Gasteiger charge is 2.27. The van der Waals surface area contributed by atoms with E-state index in [1.54, 1.807) is 11.8 Å². The number of nitrogens with zero attached hydrogens (tertiary/aromatic N) is 1. The van der Waals surface area contributed by atoms with Gasteiger partial charge in [0.15, 0.2) is 6.61 Å². The van der Waals surface area contributed by atoms with E-state index in [1.165, 1.54) is 0 Å². The molecule has 5 heteroatoms. The van der Waals surface area contributed by atoms with E-state index in [0.29, 0.717) is 12.3 Å². The summed E-state index contributed by atoms with van der Waals surface area (Å²) in [6, 6.07) is 15.0. The third-order valence-electron chi connectivity index (χ3n) is 5.05. The number of rotatable bonds is 9. The van der Waals surface area contributed by atoms with Crippen molar-refractivity contribution in [2.75, 3.05) is 6.61 Å². The van der Waals surface area contributed by atoms with Gasteiger partial charge in [-0.05, 0) is 51.3 Å². The number of carbonyl (C=O) groups is 2. The fourth-order valence-corrected chi connectivity index (χ4v) is 3.01. The van der Waals surface area contributed by atoms with Gasteiger partial charge < -0.3 is 15.0 Å². The highest BCUT2D eigenvalue weighted by Crippen LogP contribution is 2.19. The molecule has 0 aromatic heterocycles. The van der Waals surface area contributed by atoms with Gasteiger partial charge in [0.1, 0.15) is 11.8 Å². The summed E-state index contributed by atoms with van der Waals surface area (Å²) >= 11 is 0. The maximum Gasteiger partial charge on any atom is 0.261 e. The van der Waals surface area contributed by atoms with E-state index in [1.807, 2.05) is 76.2 Å². The normalized spacial score (nSPS) is 12.7. The lowest BCUT2D eigenvalue weighted by atomic mass is 10.1. The van der Waals surface area contributed by atoms with Crippen LogP contribution in [0.5, 0.6) is 5.75 Å². The highest BCUT2D eigenvalue weighted by molar-refractivity contribution is 5.88. The van der Waals surface area contributed by atoms with E-state index < -0.39 is 6.04 Å². The van der Waals surface area contributed by atoms with Crippen LogP contribution in [-0.4, -0.2) is 35.4 Å². The molecule has 0 aliphatic rings. The Hall–Kier alpha value is -2.82. The molecule has 2 amide bonds. The molecule has 2 aromatic carbocycles. The standard InChI is InChI=1S/C24H32N2O3/c1-6-19(4)25-24(28)20(5)26(15-21-10-8-7-9-11-21)23(27)16-29-22-13-12-17(2)14-18(22)3/h7-14,19-20H,6,15-16H2,1-5H3,(H,25,28). The van der Waals surface area contributed by atoms with Gasteiger partial charge in [0.05, 0.1) is 0 Å². The van der Waals surface area contributed by atoms with Gasteiger partial charge >= 0.3 is 0 Å². The quantitative estimate of drug-likeness (QED) is 0.697. The molecule has 2 atom stereocenters. The first-order chi connectivity index (χ1) is 13.8. The summed E-state index contributed by atoms with van der Waals surface area (Å²) in [6.07, 6.45) is 0.834. The second-order valence-corrected chi connectivity index (χ2v) is 7.56. The molecule has 0 radical (unpaired) electrons. The number of hydrogen-bond acceptors (Lipinski definition) is 3. The average Bonchev–Trinajstić information content (AvgIpc) is 2.71. The Kier molecular flexibility index (Phi) is 8.25. The second kappa shape index (κ2) is 10.6. The summed E-state index contributed by atoms with van der Waals surface area (Å²) in [5.74, 6) is 0.302. The fraction of sp³-hybridized carbons (Fsp3) is 0.417. The third-order valence-corrected chi connectivity index (χ3v) is 5.05. The van der Waals surface area contributed by atoms with Crippen LogP contribution in [0, 0.1) is 13.8 Å². The average molecular weight is 397 g/mol. The van der Waals surface area contributed by atoms with Crippen molar-refractivity contribution >= 4 is 11.8 Å². The summed E-state index contributed by atoms with van der Waals surface area (Å²) in [5.41, 5.74) is 3.09. The van der Waals surface area contributed by atoms with Crippen molar-refractivity contribution in [1.82, 2.24) is 10.2 Å². The van der Waals surface area contributed by atoms with Crippen LogP contribution in [0.25, 0.3) is 0 Å². The van der Waals surface area contributed by atoms with Crippen LogP contribution >= 0.6 is 0 Å². The van der Waals surface area contributed by atoms with Crippen molar-refractivity contribution in [2.45, 2.75) is 59.7 Å². The van der Waals surface area contributed by atoms with E-state index in [0.717, 1.165) is 23.1 Å². The van der Waals surface area contributed by atoms with E-state index in [4.69, 9.17) is 4.74 Å². The van der Waals surface area contributed by atoms with Crippen molar-refractivity contribution in [3.05, 3.63) is 65.2 Å². The maximum atomic E-state index is 13.0. The number of ether oxygens (including phenoxy) is 1. The van der Waals surface area contributed by atoms with Gasteiger partial charge in [-0.25, -0.2) is 0 Å². The molecule has 0 fully saturated rings. The molecule has 0 saturated carbocycles. The summed E-state index contributed by atoms with van der Waals surface area (Å²) < 4.78 is 5.78. The summed E-state index contributed by atoms with van der Waals surface area (Å²) in [6.45, 7) is 9.94. The smallest absolute Gasteiger partial charge is 0.261 e. The van der Waals surface area contributed by atoms with E-state index in [-0.39, 0.29) is 24.5 Å². The fourth-order valence-electron chi connectivity index (χ4n) is 3.01. The zero-order valence-corrected chi connectivity index (χ0v) is 18.1. The largest absolute Gasteiger partial charge is 0.483 e. The number of nitrogens with one attached hydrogen (secondary N) is 1. The molecule has 0 spiro atoms. The lowest BCUT2D eigenvalue weighted by Gasteiger charge is -2.29. The molecule has 29 heavy (non-hydrogen) atoms. The van der Waals surface area contributed by atoms with Gasteiger partial charge in [-0.1, -0.05) is 55.0 Å². The van der Waals surface area contributed by atoms with Gasteiger partial charge in [-0.15, -0.1) is 0 Å². The zero-order valence-electron chi connectivity index (χ0n) is 18.1. The molecule has 1 N–H and O–H groups in total. The Labute approximate surface area is 174 Å². The molecule has 2 unspecified atom stereocenters. The third kappa shape index (κ3) is 6.63. The lowest BCUT2D eigenvalue weighted by Crippen LogP contribution is -2.50. The number of amides is 2. The Morgan fingerprint density at radius 3 is 2.38 bits per heavy atom. The maximum absolute atomic E-state index is 13.0. The number of carbonyl (C=O) groups excluding carboxylic acids is 2. The van der Waals surface area contributed by atoms with Gasteiger partial charge in [0.25, 0.3) is 5.91 Å². The molecular weight excluding hydrogens is 364 g/mol. The first-order valence-electron chi connectivity index (χ1n) is 10.2. The molecule has 5 nitrogen and oxygen atoms in total. The van der Waals surface area contributed by atoms with Crippen LogP contribution in [-0.2, 0) is 16.1 Å². The highest BCUT2D eigenvalue weighted by atomic mass is 16.5. The summed E-state index contributed by atoms with van der Waals surface area (Å²) in [7, 11) is 0. The van der Waals surface area contributed by atoms with E-state index in [9.17, 15) is 9.59 Å². The molecule has 2 aromatic rings. The number of benzene rings is 2. The molecule has 2 rings (SSSR count). The Morgan fingerprint density at radius 1 is 1.07 bits per heavy atom. The molecule has 0 aliphatic heterocycles. The lowest BCUT2D eigenvalue weighted by molar-refractivity contribution is -0.142. The predicted octanol–water partition coefficient (Wildman–Crippen LogP) is 4.01. The van der Waals surface area contributed by atoms with Crippen molar-refractivity contribution in [2.24, 2.45) is 0 Å².